The van der Waals surface area contributed by atoms with Crippen LogP contribution in [-0.4, -0.2) is 41.9 Å². The van der Waals surface area contributed by atoms with E-state index in [4.69, 9.17) is 4.74 Å². The van der Waals surface area contributed by atoms with E-state index in [1.54, 1.807) is 18.0 Å². The molecule has 0 fully saturated rings. The lowest BCUT2D eigenvalue weighted by atomic mass is 9.95. The summed E-state index contributed by atoms with van der Waals surface area (Å²) in [6.45, 7) is 3.00. The molecule has 2 heterocycles. The molecule has 7 nitrogen and oxygen atoms in total. The first-order valence-electron chi connectivity index (χ1n) is 10.9. The molecule has 0 atom stereocenters. The third-order valence-corrected chi connectivity index (χ3v) is 6.90. The number of carbonyl (C=O) groups is 2. The number of rotatable bonds is 8. The van der Waals surface area contributed by atoms with Crippen molar-refractivity contribution in [3.8, 4) is 5.69 Å². The second-order valence-electron chi connectivity index (χ2n) is 7.86. The Labute approximate surface area is 191 Å². The minimum Gasteiger partial charge on any atom is -0.385 e. The van der Waals surface area contributed by atoms with Crippen molar-refractivity contribution in [2.75, 3.05) is 25.6 Å². The van der Waals surface area contributed by atoms with Gasteiger partial charge >= 0.3 is 0 Å². The average molecular weight is 453 g/mol. The third kappa shape index (κ3) is 4.61. The molecular weight excluding hydrogens is 424 g/mol. The largest absolute Gasteiger partial charge is 0.385 e. The molecule has 1 aliphatic carbocycles. The number of anilines is 1. The molecule has 0 saturated heterocycles. The van der Waals surface area contributed by atoms with Crippen molar-refractivity contribution < 1.29 is 14.3 Å². The van der Waals surface area contributed by atoms with Gasteiger partial charge in [-0.05, 0) is 56.7 Å². The van der Waals surface area contributed by atoms with Crippen LogP contribution in [0.2, 0.25) is 0 Å². The summed E-state index contributed by atoms with van der Waals surface area (Å²) >= 11 is 1.52. The second kappa shape index (κ2) is 10.1. The maximum absolute atomic E-state index is 13.2. The minimum absolute atomic E-state index is 0.132. The van der Waals surface area contributed by atoms with Crippen LogP contribution in [0, 0.1) is 6.92 Å². The Morgan fingerprint density at radius 2 is 1.94 bits per heavy atom. The number of benzene rings is 1. The van der Waals surface area contributed by atoms with E-state index in [0.717, 1.165) is 49.0 Å². The summed E-state index contributed by atoms with van der Waals surface area (Å²) in [5.41, 5.74) is 3.83. The molecule has 0 bridgehead atoms. The standard InChI is InChI=1S/C24H28N4O3S/c1-16-19(15-26-28(16)17-9-4-3-5-10-17)22(29)27-24-21(23(30)25-13-8-14-31-2)18-11-6-7-12-20(18)32-24/h3-5,9-10,15H,6-8,11-14H2,1-2H3,(H,25,30)(H,27,29). The molecule has 0 unspecified atom stereocenters. The smallest absolute Gasteiger partial charge is 0.259 e. The van der Waals surface area contributed by atoms with Crippen molar-refractivity contribution in [3.05, 3.63) is 63.8 Å². The fourth-order valence-corrected chi connectivity index (χ4v) is 5.32. The molecular formula is C24H28N4O3S. The highest BCUT2D eigenvalue weighted by atomic mass is 32.1. The van der Waals surface area contributed by atoms with Crippen LogP contribution in [0.5, 0.6) is 0 Å². The van der Waals surface area contributed by atoms with Crippen LogP contribution < -0.4 is 10.6 Å². The van der Waals surface area contributed by atoms with Gasteiger partial charge in [0.2, 0.25) is 0 Å². The van der Waals surface area contributed by atoms with Crippen molar-refractivity contribution >= 4 is 28.2 Å². The lowest BCUT2D eigenvalue weighted by Gasteiger charge is -2.13. The molecule has 0 spiro atoms. The molecule has 2 aromatic heterocycles. The number of nitrogens with one attached hydrogen (secondary N) is 2. The number of amides is 2. The van der Waals surface area contributed by atoms with Crippen molar-refractivity contribution in [1.29, 1.82) is 0 Å². The van der Waals surface area contributed by atoms with Crippen molar-refractivity contribution in [3.63, 3.8) is 0 Å². The van der Waals surface area contributed by atoms with E-state index < -0.39 is 0 Å². The van der Waals surface area contributed by atoms with E-state index in [2.05, 4.69) is 15.7 Å². The van der Waals surface area contributed by atoms with Gasteiger partial charge in [-0.1, -0.05) is 18.2 Å². The molecule has 1 aromatic carbocycles. The summed E-state index contributed by atoms with van der Waals surface area (Å²) in [5, 5.41) is 11.0. The molecule has 32 heavy (non-hydrogen) atoms. The summed E-state index contributed by atoms with van der Waals surface area (Å²) in [6.07, 6.45) is 6.31. The van der Waals surface area contributed by atoms with Crippen LogP contribution in [0.25, 0.3) is 5.69 Å². The molecule has 2 N–H and O–H groups in total. The molecule has 0 aliphatic heterocycles. The van der Waals surface area contributed by atoms with Crippen LogP contribution in [0.15, 0.2) is 36.5 Å². The third-order valence-electron chi connectivity index (χ3n) is 5.69. The first-order valence-corrected chi connectivity index (χ1v) is 11.7. The van der Waals surface area contributed by atoms with Gasteiger partial charge in [0, 0.05) is 25.1 Å². The molecule has 0 saturated carbocycles. The summed E-state index contributed by atoms with van der Waals surface area (Å²) in [7, 11) is 1.65. The number of fused-ring (bicyclic) bond motifs is 1. The maximum Gasteiger partial charge on any atom is 0.259 e. The van der Waals surface area contributed by atoms with Gasteiger partial charge in [-0.3, -0.25) is 9.59 Å². The Hall–Kier alpha value is -2.97. The van der Waals surface area contributed by atoms with Gasteiger partial charge in [0.05, 0.1) is 28.7 Å². The van der Waals surface area contributed by atoms with Crippen molar-refractivity contribution in [1.82, 2.24) is 15.1 Å². The number of hydrogen-bond donors (Lipinski definition) is 2. The Balaban J connectivity index is 1.58. The summed E-state index contributed by atoms with van der Waals surface area (Å²) in [4.78, 5) is 27.4. The SMILES string of the molecule is COCCCNC(=O)c1c(NC(=O)c2cnn(-c3ccccc3)c2C)sc2c1CCCC2. The highest BCUT2D eigenvalue weighted by molar-refractivity contribution is 7.17. The van der Waals surface area contributed by atoms with Crippen molar-refractivity contribution in [2.24, 2.45) is 0 Å². The lowest BCUT2D eigenvalue weighted by Crippen LogP contribution is -2.27. The molecule has 0 radical (unpaired) electrons. The monoisotopic (exact) mass is 452 g/mol. The van der Waals surface area contributed by atoms with E-state index in [1.807, 2.05) is 37.3 Å². The summed E-state index contributed by atoms with van der Waals surface area (Å²) in [5.74, 6) is -0.385. The first kappa shape index (κ1) is 22.2. The highest BCUT2D eigenvalue weighted by Crippen LogP contribution is 2.38. The normalized spacial score (nSPS) is 12.9. The molecule has 168 valence electrons. The van der Waals surface area contributed by atoms with Gasteiger partial charge in [0.15, 0.2) is 0 Å². The van der Waals surface area contributed by atoms with E-state index in [-0.39, 0.29) is 11.8 Å². The number of ether oxygens (including phenoxy) is 1. The number of nitrogens with zero attached hydrogens (tertiary/aromatic N) is 2. The number of thiophene rings is 1. The van der Waals surface area contributed by atoms with Crippen LogP contribution >= 0.6 is 11.3 Å². The number of aryl methyl sites for hydroxylation is 1. The topological polar surface area (TPSA) is 85.2 Å². The molecule has 4 rings (SSSR count). The van der Waals surface area contributed by atoms with Gasteiger partial charge in [-0.15, -0.1) is 11.3 Å². The van der Waals surface area contributed by atoms with E-state index in [1.165, 1.54) is 16.2 Å². The zero-order chi connectivity index (χ0) is 22.5. The molecule has 2 amide bonds. The Morgan fingerprint density at radius 1 is 1.16 bits per heavy atom. The number of para-hydroxylation sites is 1. The fourth-order valence-electron chi connectivity index (χ4n) is 4.03. The zero-order valence-electron chi connectivity index (χ0n) is 18.4. The Kier molecular flexibility index (Phi) is 7.02. The zero-order valence-corrected chi connectivity index (χ0v) is 19.3. The number of methoxy groups -OCH3 is 1. The molecule has 3 aromatic rings. The van der Waals surface area contributed by atoms with Crippen LogP contribution in [0.1, 0.15) is 56.1 Å². The van der Waals surface area contributed by atoms with Crippen LogP contribution in [0.4, 0.5) is 5.00 Å². The van der Waals surface area contributed by atoms with Gasteiger partial charge < -0.3 is 15.4 Å². The quantitative estimate of drug-likeness (QED) is 0.503. The maximum atomic E-state index is 13.2. The van der Waals surface area contributed by atoms with Crippen molar-refractivity contribution in [2.45, 2.75) is 39.0 Å². The highest BCUT2D eigenvalue weighted by Gasteiger charge is 2.27. The van der Waals surface area contributed by atoms with Crippen LogP contribution in [-0.2, 0) is 17.6 Å². The molecule has 1 aliphatic rings. The fraction of sp³-hybridized carbons (Fsp3) is 0.375. The van der Waals surface area contributed by atoms with Gasteiger partial charge in [-0.2, -0.15) is 5.10 Å². The Morgan fingerprint density at radius 3 is 2.72 bits per heavy atom. The number of aromatic nitrogens is 2. The lowest BCUT2D eigenvalue weighted by molar-refractivity contribution is 0.0948. The summed E-state index contributed by atoms with van der Waals surface area (Å²) < 4.78 is 6.81. The summed E-state index contributed by atoms with van der Waals surface area (Å²) in [6, 6.07) is 9.70. The predicted molar refractivity (Wildman–Crippen MR) is 126 cm³/mol. The minimum atomic E-state index is -0.253. The number of carbonyl (C=O) groups excluding carboxylic acids is 2. The molecule has 8 heteroatoms. The Bertz CT molecular complexity index is 1100. The second-order valence-corrected chi connectivity index (χ2v) is 8.97. The number of hydrogen-bond acceptors (Lipinski definition) is 5. The predicted octanol–water partition coefficient (Wildman–Crippen LogP) is 4.14. The van der Waals surface area contributed by atoms with E-state index in [9.17, 15) is 9.59 Å². The van der Waals surface area contributed by atoms with Gasteiger partial charge in [-0.25, -0.2) is 4.68 Å². The average Bonchev–Trinajstić information content (AvgIpc) is 3.37. The van der Waals surface area contributed by atoms with E-state index >= 15 is 0 Å². The van der Waals surface area contributed by atoms with E-state index in [0.29, 0.717) is 29.3 Å². The van der Waals surface area contributed by atoms with Crippen LogP contribution in [0.3, 0.4) is 0 Å². The van der Waals surface area contributed by atoms with Gasteiger partial charge in [0.1, 0.15) is 5.00 Å². The van der Waals surface area contributed by atoms with Gasteiger partial charge in [0.25, 0.3) is 11.8 Å². The first-order chi connectivity index (χ1) is 15.6.